The van der Waals surface area contributed by atoms with Crippen LogP contribution < -0.4 is 0 Å². The molecule has 0 heterocycles. The van der Waals surface area contributed by atoms with Gasteiger partial charge in [-0.2, -0.15) is 5.26 Å². The third kappa shape index (κ3) is 6.59. The van der Waals surface area contributed by atoms with Crippen LogP contribution in [-0.4, -0.2) is 30.0 Å². The molecule has 0 saturated carbocycles. The van der Waals surface area contributed by atoms with E-state index in [1.807, 2.05) is 19.1 Å². The van der Waals surface area contributed by atoms with Crippen LogP contribution in [-0.2, 0) is 14.4 Å². The second-order valence-corrected chi connectivity index (χ2v) is 6.90. The predicted molar refractivity (Wildman–Crippen MR) is 107 cm³/mol. The molecular weight excluding hydrogens is 392 g/mol. The van der Waals surface area contributed by atoms with E-state index in [2.05, 4.69) is 9.99 Å². The number of nitriles is 1. The number of rotatable bonds is 8. The second-order valence-electron chi connectivity index (χ2n) is 5.75. The number of oxime groups is 1. The third-order valence-electron chi connectivity index (χ3n) is 3.47. The quantitative estimate of drug-likeness (QED) is 0.213. The van der Waals surface area contributed by atoms with Gasteiger partial charge in [-0.05, 0) is 55.0 Å². The van der Waals surface area contributed by atoms with Gasteiger partial charge in [0.1, 0.15) is 6.07 Å². The molecule has 0 saturated heterocycles. The van der Waals surface area contributed by atoms with Crippen LogP contribution >= 0.6 is 11.8 Å². The zero-order valence-corrected chi connectivity index (χ0v) is 16.7. The van der Waals surface area contributed by atoms with E-state index in [-0.39, 0.29) is 11.5 Å². The van der Waals surface area contributed by atoms with Gasteiger partial charge in [0.25, 0.3) is 0 Å². The first-order chi connectivity index (χ1) is 13.9. The highest BCUT2D eigenvalue weighted by molar-refractivity contribution is 7.99. The molecule has 0 aliphatic heterocycles. The molecule has 8 heteroatoms. The number of hydrogen-bond acceptors (Lipinski definition) is 8. The minimum atomic E-state index is -0.720. The summed E-state index contributed by atoms with van der Waals surface area (Å²) < 4.78 is 5.09. The fourth-order valence-electron chi connectivity index (χ4n) is 2.11. The molecule has 29 heavy (non-hydrogen) atoms. The summed E-state index contributed by atoms with van der Waals surface area (Å²) in [7, 11) is 0. The molecule has 0 unspecified atom stereocenters. The molecule has 0 bridgehead atoms. The number of carbonyl (C=O) groups excluding carboxylic acids is 3. The van der Waals surface area contributed by atoms with Gasteiger partial charge in [-0.25, -0.2) is 9.59 Å². The third-order valence-corrected chi connectivity index (χ3v) is 4.48. The Morgan fingerprint density at radius 1 is 1.00 bits per heavy atom. The highest BCUT2D eigenvalue weighted by Gasteiger charge is 2.15. The van der Waals surface area contributed by atoms with Crippen LogP contribution in [0.4, 0.5) is 0 Å². The average molecular weight is 410 g/mol. The van der Waals surface area contributed by atoms with Crippen molar-refractivity contribution in [1.29, 1.82) is 5.26 Å². The Hall–Kier alpha value is -3.44. The molecule has 0 aliphatic rings. The molecule has 0 amide bonds. The number of Topliss-reactive ketones (excluding diaryl/α,β-unsaturated/α-hetero) is 1. The van der Waals surface area contributed by atoms with Crippen LogP contribution in [0.15, 0.2) is 63.5 Å². The summed E-state index contributed by atoms with van der Waals surface area (Å²) >= 11 is 1.45. The van der Waals surface area contributed by atoms with Crippen molar-refractivity contribution in [2.24, 2.45) is 5.16 Å². The van der Waals surface area contributed by atoms with Crippen LogP contribution in [0.3, 0.4) is 0 Å². The number of benzene rings is 2. The number of carbonyl (C=O) groups is 3. The molecule has 2 aromatic rings. The van der Waals surface area contributed by atoms with Gasteiger partial charge in [-0.15, -0.1) is 0 Å². The maximum absolute atomic E-state index is 12.2. The lowest BCUT2D eigenvalue weighted by atomic mass is 10.1. The summed E-state index contributed by atoms with van der Waals surface area (Å²) in [5, 5.41) is 12.3. The molecule has 0 aliphatic carbocycles. The maximum Gasteiger partial charge on any atom is 0.338 e. The number of ketones is 1. The SMILES string of the molecule is CCCOC(=O)c1ccc(Sc2ccc(C(=O)/C(C#N)=N/OC(C)=O)cc2)cc1. The number of nitrogens with zero attached hydrogens (tertiary/aromatic N) is 2. The number of hydrogen-bond donors (Lipinski definition) is 0. The van der Waals surface area contributed by atoms with Gasteiger partial charge in [0.15, 0.2) is 0 Å². The Morgan fingerprint density at radius 2 is 1.55 bits per heavy atom. The smallest absolute Gasteiger partial charge is 0.338 e. The van der Waals surface area contributed by atoms with Crippen molar-refractivity contribution in [3.63, 3.8) is 0 Å². The van der Waals surface area contributed by atoms with Gasteiger partial charge in [-0.1, -0.05) is 23.8 Å². The van der Waals surface area contributed by atoms with E-state index in [1.165, 1.54) is 11.8 Å². The summed E-state index contributed by atoms with van der Waals surface area (Å²) in [6, 6.07) is 15.2. The molecule has 148 valence electrons. The molecular formula is C21H18N2O5S. The van der Waals surface area contributed by atoms with Gasteiger partial charge in [-0.3, -0.25) is 4.79 Å². The summed E-state index contributed by atoms with van der Waals surface area (Å²) in [6.45, 7) is 3.44. The van der Waals surface area contributed by atoms with Crippen LogP contribution in [0.25, 0.3) is 0 Å². The van der Waals surface area contributed by atoms with Crippen molar-refractivity contribution in [2.75, 3.05) is 6.61 Å². The molecule has 2 aromatic carbocycles. The molecule has 0 fully saturated rings. The van der Waals surface area contributed by atoms with E-state index in [4.69, 9.17) is 10.00 Å². The Balaban J connectivity index is 2.04. The number of ether oxygens (including phenoxy) is 1. The lowest BCUT2D eigenvalue weighted by molar-refractivity contribution is -0.140. The minimum absolute atomic E-state index is 0.246. The van der Waals surface area contributed by atoms with Crippen LogP contribution in [0.1, 0.15) is 41.0 Å². The van der Waals surface area contributed by atoms with Gasteiger partial charge in [0, 0.05) is 22.3 Å². The first-order valence-corrected chi connectivity index (χ1v) is 9.51. The predicted octanol–water partition coefficient (Wildman–Crippen LogP) is 4.03. The molecule has 0 radical (unpaired) electrons. The largest absolute Gasteiger partial charge is 0.462 e. The summed E-state index contributed by atoms with van der Waals surface area (Å²) in [5.74, 6) is -1.71. The van der Waals surface area contributed by atoms with Crippen molar-refractivity contribution in [3.05, 3.63) is 59.7 Å². The molecule has 0 aromatic heterocycles. The highest BCUT2D eigenvalue weighted by atomic mass is 32.2. The van der Waals surface area contributed by atoms with E-state index in [0.29, 0.717) is 12.2 Å². The normalized spacial score (nSPS) is 10.7. The Labute approximate surface area is 172 Å². The maximum atomic E-state index is 12.2. The molecule has 0 spiro atoms. The van der Waals surface area contributed by atoms with Gasteiger partial charge >= 0.3 is 11.9 Å². The fourth-order valence-corrected chi connectivity index (χ4v) is 2.92. The summed E-state index contributed by atoms with van der Waals surface area (Å²) in [5.41, 5.74) is 0.224. The van der Waals surface area contributed by atoms with Gasteiger partial charge in [0.2, 0.25) is 11.5 Å². The van der Waals surface area contributed by atoms with Crippen molar-refractivity contribution in [3.8, 4) is 6.07 Å². The van der Waals surface area contributed by atoms with Gasteiger partial charge < -0.3 is 9.57 Å². The van der Waals surface area contributed by atoms with E-state index >= 15 is 0 Å². The highest BCUT2D eigenvalue weighted by Crippen LogP contribution is 2.28. The zero-order chi connectivity index (χ0) is 21.2. The Morgan fingerprint density at radius 3 is 2.03 bits per heavy atom. The Kier molecular flexibility index (Phi) is 8.12. The zero-order valence-electron chi connectivity index (χ0n) is 15.9. The molecule has 0 N–H and O–H groups in total. The van der Waals surface area contributed by atoms with Gasteiger partial charge in [0.05, 0.1) is 12.2 Å². The Bertz CT molecular complexity index is 960. The topological polar surface area (TPSA) is 106 Å². The first-order valence-electron chi connectivity index (χ1n) is 8.70. The first kappa shape index (κ1) is 21.9. The van der Waals surface area contributed by atoms with Crippen molar-refractivity contribution in [2.45, 2.75) is 30.1 Å². The monoisotopic (exact) mass is 410 g/mol. The lowest BCUT2D eigenvalue weighted by Gasteiger charge is -2.05. The van der Waals surface area contributed by atoms with E-state index < -0.39 is 17.5 Å². The standard InChI is InChI=1S/C21H18N2O5S/c1-3-12-27-21(26)16-6-10-18(11-7-16)29-17-8-4-15(5-9-17)20(25)19(13-22)23-28-14(2)24/h4-11H,3,12H2,1-2H3/b23-19+. The second kappa shape index (κ2) is 10.8. The molecule has 7 nitrogen and oxygen atoms in total. The van der Waals surface area contributed by atoms with E-state index in [0.717, 1.165) is 23.1 Å². The lowest BCUT2D eigenvalue weighted by Crippen LogP contribution is -2.13. The van der Waals surface area contributed by atoms with Crippen LogP contribution in [0.5, 0.6) is 0 Å². The minimum Gasteiger partial charge on any atom is -0.462 e. The van der Waals surface area contributed by atoms with Crippen molar-refractivity contribution < 1.29 is 24.0 Å². The van der Waals surface area contributed by atoms with Crippen LogP contribution in [0.2, 0.25) is 0 Å². The van der Waals surface area contributed by atoms with Crippen molar-refractivity contribution >= 4 is 35.2 Å². The number of esters is 1. The molecule has 0 atom stereocenters. The summed E-state index contributed by atoms with van der Waals surface area (Å²) in [4.78, 5) is 40.9. The molecule has 2 rings (SSSR count). The van der Waals surface area contributed by atoms with E-state index in [1.54, 1.807) is 42.5 Å². The average Bonchev–Trinajstić information content (AvgIpc) is 2.73. The van der Waals surface area contributed by atoms with E-state index in [9.17, 15) is 14.4 Å². The van der Waals surface area contributed by atoms with Crippen LogP contribution in [0, 0.1) is 11.3 Å². The fraction of sp³-hybridized carbons (Fsp3) is 0.190. The summed E-state index contributed by atoms with van der Waals surface area (Å²) in [6.07, 6.45) is 0.767. The van der Waals surface area contributed by atoms with Crippen molar-refractivity contribution in [1.82, 2.24) is 0 Å².